The summed E-state index contributed by atoms with van der Waals surface area (Å²) < 4.78 is 0. The highest BCUT2D eigenvalue weighted by Gasteiger charge is 2.48. The molecule has 4 aromatic rings. The molecule has 1 unspecified atom stereocenters. The summed E-state index contributed by atoms with van der Waals surface area (Å²) in [5.74, 6) is -1.46. The number of H-pyrrole nitrogens is 1. The lowest BCUT2D eigenvalue weighted by Crippen LogP contribution is -2.30. The third-order valence-electron chi connectivity index (χ3n) is 6.68. The topological polar surface area (TPSA) is 99.2 Å². The maximum atomic E-state index is 13.5. The van der Waals surface area contributed by atoms with Crippen molar-refractivity contribution in [3.05, 3.63) is 94.3 Å². The number of rotatable bonds is 3. The van der Waals surface area contributed by atoms with Gasteiger partial charge in [0.1, 0.15) is 5.76 Å². The summed E-state index contributed by atoms with van der Waals surface area (Å²) >= 11 is 0. The van der Waals surface area contributed by atoms with Crippen molar-refractivity contribution in [2.24, 2.45) is 0 Å². The van der Waals surface area contributed by atoms with Gasteiger partial charge in [-0.3, -0.25) is 19.5 Å². The Kier molecular flexibility index (Phi) is 5.51. The van der Waals surface area contributed by atoms with E-state index in [-0.39, 0.29) is 22.7 Å². The Morgan fingerprint density at radius 2 is 1.72 bits per heavy atom. The molecule has 1 atom stereocenters. The van der Waals surface area contributed by atoms with E-state index in [0.29, 0.717) is 16.6 Å². The number of hydrogen-bond acceptors (Lipinski definition) is 5. The highest BCUT2D eigenvalue weighted by Crippen LogP contribution is 2.42. The van der Waals surface area contributed by atoms with Crippen LogP contribution in [0.2, 0.25) is 0 Å². The number of aliphatic hydroxyl groups excluding tert-OH is 1. The predicted molar refractivity (Wildman–Crippen MR) is 140 cm³/mol. The summed E-state index contributed by atoms with van der Waals surface area (Å²) in [6.07, 6.45) is 3.20. The minimum absolute atomic E-state index is 0.0250. The van der Waals surface area contributed by atoms with Gasteiger partial charge in [-0.05, 0) is 71.8 Å². The number of benzene rings is 2. The Hall–Kier alpha value is -4.26. The van der Waals surface area contributed by atoms with Crippen LogP contribution < -0.4 is 4.90 Å². The van der Waals surface area contributed by atoms with Gasteiger partial charge in [-0.1, -0.05) is 39.0 Å². The van der Waals surface area contributed by atoms with Gasteiger partial charge in [0.15, 0.2) is 0 Å². The van der Waals surface area contributed by atoms with Crippen molar-refractivity contribution >= 4 is 34.4 Å². The predicted octanol–water partition coefficient (Wildman–Crippen LogP) is 5.50. The Labute approximate surface area is 209 Å². The smallest absolute Gasteiger partial charge is 0.302 e. The van der Waals surface area contributed by atoms with Gasteiger partial charge in [-0.2, -0.15) is 0 Å². The van der Waals surface area contributed by atoms with Crippen LogP contribution in [0.5, 0.6) is 0 Å². The number of aliphatic hydroxyl groups is 1. The van der Waals surface area contributed by atoms with Crippen LogP contribution in [0.4, 0.5) is 5.95 Å². The first-order valence-electron chi connectivity index (χ1n) is 11.8. The zero-order valence-corrected chi connectivity index (χ0v) is 21.0. The van der Waals surface area contributed by atoms with E-state index in [2.05, 4.69) is 35.7 Å². The number of aromatic nitrogens is 3. The van der Waals surface area contributed by atoms with Gasteiger partial charge < -0.3 is 10.1 Å². The van der Waals surface area contributed by atoms with Gasteiger partial charge in [-0.25, -0.2) is 4.98 Å². The van der Waals surface area contributed by atoms with Crippen LogP contribution in [-0.4, -0.2) is 31.7 Å². The van der Waals surface area contributed by atoms with Crippen LogP contribution in [-0.2, 0) is 15.0 Å². The largest absolute Gasteiger partial charge is 0.507 e. The molecule has 2 aromatic carbocycles. The van der Waals surface area contributed by atoms with Crippen molar-refractivity contribution in [3.8, 4) is 0 Å². The monoisotopic (exact) mass is 480 g/mol. The summed E-state index contributed by atoms with van der Waals surface area (Å²) in [7, 11) is 0. The maximum absolute atomic E-state index is 13.5. The molecule has 0 bridgehead atoms. The summed E-state index contributed by atoms with van der Waals surface area (Å²) in [6.45, 7) is 10.1. The number of hydrogen-bond donors (Lipinski definition) is 2. The first-order chi connectivity index (χ1) is 17.1. The zero-order chi connectivity index (χ0) is 25.8. The first-order valence-corrected chi connectivity index (χ1v) is 11.8. The number of fused-ring (bicyclic) bond motifs is 1. The molecule has 182 valence electrons. The summed E-state index contributed by atoms with van der Waals surface area (Å²) in [4.78, 5) is 40.1. The van der Waals surface area contributed by atoms with Crippen LogP contribution in [0.15, 0.2) is 66.5 Å². The van der Waals surface area contributed by atoms with E-state index in [4.69, 9.17) is 0 Å². The maximum Gasteiger partial charge on any atom is 0.302 e. The van der Waals surface area contributed by atoms with Gasteiger partial charge in [0.2, 0.25) is 5.95 Å². The number of amides is 1. The second-order valence-corrected chi connectivity index (χ2v) is 10.3. The molecule has 1 saturated heterocycles. The lowest BCUT2D eigenvalue weighted by molar-refractivity contribution is -0.132. The second kappa shape index (κ2) is 8.45. The highest BCUT2D eigenvalue weighted by molar-refractivity contribution is 6.51. The Morgan fingerprint density at radius 3 is 2.42 bits per heavy atom. The number of pyridine rings is 1. The van der Waals surface area contributed by atoms with E-state index >= 15 is 0 Å². The molecular formula is C29H28N4O3. The molecule has 1 aliphatic heterocycles. The standard InChI is InChI=1S/C29H28N4O3/c1-16-6-9-21-22(14-16)32-28(31-21)33-24(18-10-12-30-13-11-18)23(26(35)27(33)36)25(34)20-15-19(29(3,4)5)8-7-17(20)2/h6-15,24,34H,1-5H3,(H,31,32)/b25-23+. The van der Waals surface area contributed by atoms with Gasteiger partial charge in [0.05, 0.1) is 22.6 Å². The van der Waals surface area contributed by atoms with Crippen LogP contribution in [0.3, 0.4) is 0 Å². The van der Waals surface area contributed by atoms with Gasteiger partial charge in [0.25, 0.3) is 5.78 Å². The molecule has 1 amide bonds. The minimum Gasteiger partial charge on any atom is -0.507 e. The molecule has 0 saturated carbocycles. The zero-order valence-electron chi connectivity index (χ0n) is 21.0. The van der Waals surface area contributed by atoms with E-state index in [1.54, 1.807) is 24.5 Å². The van der Waals surface area contributed by atoms with Crippen LogP contribution >= 0.6 is 0 Å². The van der Waals surface area contributed by atoms with E-state index < -0.39 is 17.7 Å². The Bertz CT molecular complexity index is 1540. The Balaban J connectivity index is 1.74. The molecule has 1 fully saturated rings. The molecule has 1 aliphatic rings. The number of ketones is 1. The molecule has 0 radical (unpaired) electrons. The average Bonchev–Trinajstić information content (AvgIpc) is 3.36. The fourth-order valence-corrected chi connectivity index (χ4v) is 4.62. The lowest BCUT2D eigenvalue weighted by atomic mass is 9.84. The number of carbonyl (C=O) groups excluding carboxylic acids is 2. The number of Topliss-reactive ketones (excluding diaryl/α,β-unsaturated/α-hetero) is 1. The van der Waals surface area contributed by atoms with Gasteiger partial charge >= 0.3 is 5.91 Å². The normalized spacial score (nSPS) is 17.8. The quantitative estimate of drug-likeness (QED) is 0.229. The van der Waals surface area contributed by atoms with Crippen molar-refractivity contribution in [1.82, 2.24) is 15.0 Å². The number of aryl methyl sites for hydroxylation is 2. The number of carbonyl (C=O) groups is 2. The summed E-state index contributed by atoms with van der Waals surface area (Å²) in [6, 6.07) is 14.2. The molecule has 3 heterocycles. The van der Waals surface area contributed by atoms with Crippen molar-refractivity contribution < 1.29 is 14.7 Å². The number of nitrogens with one attached hydrogen (secondary N) is 1. The molecule has 2 aromatic heterocycles. The highest BCUT2D eigenvalue weighted by atomic mass is 16.3. The van der Waals surface area contributed by atoms with Crippen LogP contribution in [0, 0.1) is 13.8 Å². The SMILES string of the molecule is Cc1ccc2nc(N3C(=O)C(=O)/C(=C(/O)c4cc(C(C)(C)C)ccc4C)C3c3ccncc3)[nH]c2c1. The number of aromatic amines is 1. The molecule has 5 rings (SSSR count). The van der Waals surface area contributed by atoms with Crippen LogP contribution in [0.25, 0.3) is 16.8 Å². The number of anilines is 1. The fraction of sp³-hybridized carbons (Fsp3) is 0.241. The van der Waals surface area contributed by atoms with E-state index in [1.807, 2.05) is 50.2 Å². The lowest BCUT2D eigenvalue weighted by Gasteiger charge is -2.24. The third kappa shape index (κ3) is 3.86. The molecule has 2 N–H and O–H groups in total. The van der Waals surface area contributed by atoms with Crippen molar-refractivity contribution in [1.29, 1.82) is 0 Å². The molecule has 0 aliphatic carbocycles. The summed E-state index contributed by atoms with van der Waals surface area (Å²) in [5, 5.41) is 11.6. The van der Waals surface area contributed by atoms with Crippen molar-refractivity contribution in [2.45, 2.75) is 46.1 Å². The average molecular weight is 481 g/mol. The third-order valence-corrected chi connectivity index (χ3v) is 6.68. The molecule has 7 heteroatoms. The first kappa shape index (κ1) is 23.5. The van der Waals surface area contributed by atoms with Crippen molar-refractivity contribution in [3.63, 3.8) is 0 Å². The summed E-state index contributed by atoms with van der Waals surface area (Å²) in [5.41, 5.74) is 5.33. The Morgan fingerprint density at radius 1 is 1.00 bits per heavy atom. The minimum atomic E-state index is -0.868. The van der Waals surface area contributed by atoms with Gasteiger partial charge in [0, 0.05) is 18.0 Å². The molecular weight excluding hydrogens is 452 g/mol. The second-order valence-electron chi connectivity index (χ2n) is 10.3. The number of nitrogens with zero attached hydrogens (tertiary/aromatic N) is 3. The molecule has 36 heavy (non-hydrogen) atoms. The number of imidazole rings is 1. The van der Waals surface area contributed by atoms with E-state index in [0.717, 1.165) is 22.2 Å². The van der Waals surface area contributed by atoms with E-state index in [9.17, 15) is 14.7 Å². The molecule has 0 spiro atoms. The van der Waals surface area contributed by atoms with E-state index in [1.165, 1.54) is 4.90 Å². The van der Waals surface area contributed by atoms with Crippen LogP contribution in [0.1, 0.15) is 54.6 Å². The molecule has 7 nitrogen and oxygen atoms in total. The van der Waals surface area contributed by atoms with Gasteiger partial charge in [-0.15, -0.1) is 0 Å². The van der Waals surface area contributed by atoms with Crippen molar-refractivity contribution in [2.75, 3.05) is 4.90 Å². The fourth-order valence-electron chi connectivity index (χ4n) is 4.62.